The first-order valence-electron chi connectivity index (χ1n) is 8.56. The number of aromatic nitrogens is 2. The first kappa shape index (κ1) is 17.8. The largest absolute Gasteiger partial charge is 0.291 e. The number of unbranched alkanes of at least 4 members (excludes halogenated alkanes) is 9. The molecular weight excluding hydrogens is 260 g/mol. The van der Waals surface area contributed by atoms with Crippen molar-refractivity contribution in [3.8, 4) is 0 Å². The molecule has 0 aliphatic carbocycles. The Kier molecular flexibility index (Phi) is 9.68. The van der Waals surface area contributed by atoms with Gasteiger partial charge in [0.15, 0.2) is 11.6 Å². The zero-order valence-corrected chi connectivity index (χ0v) is 13.7. The lowest BCUT2D eigenvalue weighted by molar-refractivity contribution is 0.0969. The molecule has 3 nitrogen and oxygen atoms in total. The minimum Gasteiger partial charge on any atom is -0.291 e. The van der Waals surface area contributed by atoms with Crippen molar-refractivity contribution in [2.45, 2.75) is 84.5 Å². The van der Waals surface area contributed by atoms with Crippen molar-refractivity contribution in [3.63, 3.8) is 0 Å². The summed E-state index contributed by atoms with van der Waals surface area (Å²) < 4.78 is 0. The van der Waals surface area contributed by atoms with Crippen LogP contribution in [0, 0.1) is 6.92 Å². The highest BCUT2D eigenvalue weighted by atomic mass is 16.1. The number of nitrogens with zero attached hydrogens (tertiary/aromatic N) is 2. The minimum absolute atomic E-state index is 0.0783. The van der Waals surface area contributed by atoms with Crippen LogP contribution in [0.2, 0.25) is 0 Å². The molecule has 0 atom stereocenters. The van der Waals surface area contributed by atoms with E-state index in [1.54, 1.807) is 12.4 Å². The summed E-state index contributed by atoms with van der Waals surface area (Å²) in [5, 5.41) is 0. The number of hydrogen-bond acceptors (Lipinski definition) is 3. The molecular formula is C18H30N2O. The van der Waals surface area contributed by atoms with Crippen molar-refractivity contribution in [2.24, 2.45) is 0 Å². The zero-order chi connectivity index (χ0) is 15.3. The fraction of sp³-hybridized carbons (Fsp3) is 0.722. The van der Waals surface area contributed by atoms with E-state index in [-0.39, 0.29) is 5.78 Å². The van der Waals surface area contributed by atoms with Gasteiger partial charge in [-0.3, -0.25) is 4.79 Å². The molecule has 0 amide bonds. The van der Waals surface area contributed by atoms with Crippen molar-refractivity contribution in [1.82, 2.24) is 9.97 Å². The molecule has 1 heterocycles. The van der Waals surface area contributed by atoms with Gasteiger partial charge in [0, 0.05) is 18.8 Å². The highest BCUT2D eigenvalue weighted by Gasteiger charge is 2.07. The third-order valence-corrected chi connectivity index (χ3v) is 3.79. The molecule has 0 bridgehead atoms. The lowest BCUT2D eigenvalue weighted by Crippen LogP contribution is -2.05. The number of aryl methyl sites for hydroxylation is 1. The van der Waals surface area contributed by atoms with Crippen LogP contribution in [0.1, 0.15) is 93.7 Å². The predicted octanol–water partition coefficient (Wildman–Crippen LogP) is 5.28. The Balaban J connectivity index is 1.96. The molecule has 0 aliphatic heterocycles. The van der Waals surface area contributed by atoms with Crippen LogP contribution in [0.5, 0.6) is 0 Å². The van der Waals surface area contributed by atoms with Crippen molar-refractivity contribution in [3.05, 3.63) is 23.8 Å². The van der Waals surface area contributed by atoms with Gasteiger partial charge < -0.3 is 0 Å². The average molecular weight is 290 g/mol. The topological polar surface area (TPSA) is 42.9 Å². The van der Waals surface area contributed by atoms with Crippen LogP contribution in [0.4, 0.5) is 0 Å². The van der Waals surface area contributed by atoms with Gasteiger partial charge in [0.25, 0.3) is 0 Å². The smallest absolute Gasteiger partial charge is 0.200 e. The Hall–Kier alpha value is -1.25. The van der Waals surface area contributed by atoms with E-state index >= 15 is 0 Å². The Labute approximate surface area is 129 Å². The summed E-state index contributed by atoms with van der Waals surface area (Å²) in [6.07, 6.45) is 16.8. The van der Waals surface area contributed by atoms with Gasteiger partial charge in [0.1, 0.15) is 0 Å². The molecule has 0 saturated heterocycles. The van der Waals surface area contributed by atoms with Crippen molar-refractivity contribution >= 4 is 5.78 Å². The lowest BCUT2D eigenvalue weighted by Gasteiger charge is -2.02. The van der Waals surface area contributed by atoms with E-state index in [0.29, 0.717) is 12.2 Å². The second-order valence-corrected chi connectivity index (χ2v) is 5.94. The Bertz CT molecular complexity index is 387. The van der Waals surface area contributed by atoms with E-state index in [0.717, 1.165) is 18.4 Å². The molecule has 0 radical (unpaired) electrons. The number of ketones is 1. The third-order valence-electron chi connectivity index (χ3n) is 3.79. The molecule has 0 saturated carbocycles. The molecule has 3 heteroatoms. The summed E-state index contributed by atoms with van der Waals surface area (Å²) in [6.45, 7) is 4.18. The summed E-state index contributed by atoms with van der Waals surface area (Å²) in [5.41, 5.74) is 0.991. The maximum atomic E-state index is 11.9. The third kappa shape index (κ3) is 8.59. The summed E-state index contributed by atoms with van der Waals surface area (Å²) in [4.78, 5) is 20.0. The van der Waals surface area contributed by atoms with Gasteiger partial charge in [-0.1, -0.05) is 64.7 Å². The Morgan fingerprint density at radius 1 is 0.857 bits per heavy atom. The van der Waals surface area contributed by atoms with Crippen LogP contribution in [-0.4, -0.2) is 15.8 Å². The van der Waals surface area contributed by atoms with Crippen LogP contribution in [0.25, 0.3) is 0 Å². The number of rotatable bonds is 12. The van der Waals surface area contributed by atoms with Gasteiger partial charge in [-0.05, 0) is 18.9 Å². The molecule has 0 fully saturated rings. The van der Waals surface area contributed by atoms with Crippen molar-refractivity contribution in [2.75, 3.05) is 0 Å². The molecule has 1 aromatic rings. The molecule has 0 unspecified atom stereocenters. The standard InChI is InChI=1S/C18H30N2O/c1-3-4-5-6-7-8-9-10-11-12-13-17(21)18-19-14-16(2)15-20-18/h14-15H,3-13H2,1-2H3. The number of carbonyl (C=O) groups excluding carboxylic acids is 1. The quantitative estimate of drug-likeness (QED) is 0.388. The Morgan fingerprint density at radius 3 is 1.86 bits per heavy atom. The van der Waals surface area contributed by atoms with Crippen LogP contribution in [-0.2, 0) is 0 Å². The molecule has 0 aromatic carbocycles. The molecule has 21 heavy (non-hydrogen) atoms. The predicted molar refractivity (Wildman–Crippen MR) is 87.6 cm³/mol. The fourth-order valence-electron chi connectivity index (χ4n) is 2.42. The van der Waals surface area contributed by atoms with Crippen molar-refractivity contribution < 1.29 is 4.79 Å². The Morgan fingerprint density at radius 2 is 1.33 bits per heavy atom. The van der Waals surface area contributed by atoms with Crippen molar-refractivity contribution in [1.29, 1.82) is 0 Å². The van der Waals surface area contributed by atoms with Gasteiger partial charge in [-0.2, -0.15) is 0 Å². The lowest BCUT2D eigenvalue weighted by atomic mass is 10.0. The van der Waals surface area contributed by atoms with Gasteiger partial charge >= 0.3 is 0 Å². The monoisotopic (exact) mass is 290 g/mol. The van der Waals surface area contributed by atoms with Crippen LogP contribution < -0.4 is 0 Å². The summed E-state index contributed by atoms with van der Waals surface area (Å²) >= 11 is 0. The second kappa shape index (κ2) is 11.4. The minimum atomic E-state index is 0.0783. The summed E-state index contributed by atoms with van der Waals surface area (Å²) in [7, 11) is 0. The maximum absolute atomic E-state index is 11.9. The summed E-state index contributed by atoms with van der Waals surface area (Å²) in [6, 6.07) is 0. The number of carbonyl (C=O) groups is 1. The van der Waals surface area contributed by atoms with E-state index in [9.17, 15) is 4.79 Å². The first-order valence-corrected chi connectivity index (χ1v) is 8.56. The molecule has 0 aliphatic rings. The molecule has 0 spiro atoms. The molecule has 1 aromatic heterocycles. The zero-order valence-electron chi connectivity index (χ0n) is 13.7. The maximum Gasteiger partial charge on any atom is 0.200 e. The average Bonchev–Trinajstić information content (AvgIpc) is 2.49. The SMILES string of the molecule is CCCCCCCCCCCCC(=O)c1ncc(C)cn1. The molecule has 0 N–H and O–H groups in total. The fourth-order valence-corrected chi connectivity index (χ4v) is 2.42. The van der Waals surface area contributed by atoms with E-state index in [4.69, 9.17) is 0 Å². The van der Waals surface area contributed by atoms with E-state index in [1.807, 2.05) is 6.92 Å². The number of Topliss-reactive ketones (excluding diaryl/α,β-unsaturated/α-hetero) is 1. The van der Waals surface area contributed by atoms with E-state index in [1.165, 1.54) is 51.4 Å². The summed E-state index contributed by atoms with van der Waals surface area (Å²) in [5.74, 6) is 0.450. The van der Waals surface area contributed by atoms with Crippen LogP contribution >= 0.6 is 0 Å². The van der Waals surface area contributed by atoms with Crippen LogP contribution in [0.15, 0.2) is 12.4 Å². The van der Waals surface area contributed by atoms with Gasteiger partial charge in [0.05, 0.1) is 0 Å². The van der Waals surface area contributed by atoms with Gasteiger partial charge in [0.2, 0.25) is 0 Å². The second-order valence-electron chi connectivity index (χ2n) is 5.94. The first-order chi connectivity index (χ1) is 10.2. The van der Waals surface area contributed by atoms with Gasteiger partial charge in [-0.15, -0.1) is 0 Å². The van der Waals surface area contributed by atoms with E-state index in [2.05, 4.69) is 16.9 Å². The van der Waals surface area contributed by atoms with Gasteiger partial charge in [-0.25, -0.2) is 9.97 Å². The van der Waals surface area contributed by atoms with E-state index < -0.39 is 0 Å². The van der Waals surface area contributed by atoms with Crippen LogP contribution in [0.3, 0.4) is 0 Å². The highest BCUT2D eigenvalue weighted by Crippen LogP contribution is 2.12. The normalized spacial score (nSPS) is 10.8. The number of hydrogen-bond donors (Lipinski definition) is 0. The molecule has 1 rings (SSSR count). The molecule has 118 valence electrons. The highest BCUT2D eigenvalue weighted by molar-refractivity contribution is 5.92.